The van der Waals surface area contributed by atoms with E-state index < -0.39 is 6.04 Å². The van der Waals surface area contributed by atoms with Crippen molar-refractivity contribution in [2.75, 3.05) is 18.2 Å². The Labute approximate surface area is 158 Å². The molecule has 1 aromatic carbocycles. The molecule has 6 heteroatoms. The van der Waals surface area contributed by atoms with Crippen LogP contribution in [0.4, 0.5) is 0 Å². The van der Waals surface area contributed by atoms with E-state index in [9.17, 15) is 14.4 Å². The highest BCUT2D eigenvalue weighted by Crippen LogP contribution is 2.31. The Morgan fingerprint density at radius 1 is 1.15 bits per heavy atom. The number of thioether (sulfide) groups is 1. The standard InChI is InChI=1S/C20H24N2O3S/c23-11-17-6-3-7-21(17)20(25)18-12-26-13-22(18)19(24)10-14-8-15-4-1-2-5-16(15)9-14/h1-2,4-5,11,14,17-18H,3,6-10,12-13H2/t17-,18-/m0/s1. The summed E-state index contributed by atoms with van der Waals surface area (Å²) in [5, 5.41) is 0. The summed E-state index contributed by atoms with van der Waals surface area (Å²) in [6, 6.07) is 7.67. The van der Waals surface area contributed by atoms with Crippen molar-refractivity contribution in [1.29, 1.82) is 0 Å². The number of amides is 2. The Hall–Kier alpha value is -1.82. The molecule has 2 heterocycles. The molecule has 4 rings (SSSR count). The molecule has 5 nitrogen and oxygen atoms in total. The first-order chi connectivity index (χ1) is 12.7. The molecular formula is C20H24N2O3S. The van der Waals surface area contributed by atoms with Crippen molar-refractivity contribution < 1.29 is 14.4 Å². The molecule has 2 aliphatic heterocycles. The highest BCUT2D eigenvalue weighted by molar-refractivity contribution is 7.99. The first-order valence-electron chi connectivity index (χ1n) is 9.37. The van der Waals surface area contributed by atoms with Crippen molar-refractivity contribution in [3.8, 4) is 0 Å². The van der Waals surface area contributed by atoms with Crippen molar-refractivity contribution in [3.63, 3.8) is 0 Å². The molecule has 0 bridgehead atoms. The summed E-state index contributed by atoms with van der Waals surface area (Å²) in [5.74, 6) is 1.57. The lowest BCUT2D eigenvalue weighted by molar-refractivity contribution is -0.145. The fraction of sp³-hybridized carbons (Fsp3) is 0.550. The maximum atomic E-state index is 12.9. The Bertz CT molecular complexity index is 698. The van der Waals surface area contributed by atoms with Gasteiger partial charge in [-0.05, 0) is 42.7 Å². The quantitative estimate of drug-likeness (QED) is 0.758. The second-order valence-corrected chi connectivity index (χ2v) is 8.50. The van der Waals surface area contributed by atoms with E-state index in [-0.39, 0.29) is 17.9 Å². The van der Waals surface area contributed by atoms with E-state index in [1.165, 1.54) is 11.1 Å². The van der Waals surface area contributed by atoms with Crippen LogP contribution in [-0.4, -0.2) is 58.2 Å². The Morgan fingerprint density at radius 2 is 1.88 bits per heavy atom. The van der Waals surface area contributed by atoms with Crippen molar-refractivity contribution in [2.24, 2.45) is 5.92 Å². The van der Waals surface area contributed by atoms with Gasteiger partial charge in [-0.25, -0.2) is 0 Å². The third kappa shape index (κ3) is 3.27. The largest absolute Gasteiger partial charge is 0.331 e. The summed E-state index contributed by atoms with van der Waals surface area (Å²) < 4.78 is 0. The first kappa shape index (κ1) is 17.6. The number of carbonyl (C=O) groups is 3. The van der Waals surface area contributed by atoms with Gasteiger partial charge in [0.15, 0.2) is 0 Å². The molecule has 2 amide bonds. The van der Waals surface area contributed by atoms with Gasteiger partial charge in [0.05, 0.1) is 11.9 Å². The van der Waals surface area contributed by atoms with Gasteiger partial charge >= 0.3 is 0 Å². The monoisotopic (exact) mass is 372 g/mol. The van der Waals surface area contributed by atoms with Crippen molar-refractivity contribution >= 4 is 29.9 Å². The molecule has 0 spiro atoms. The van der Waals surface area contributed by atoms with Crippen LogP contribution < -0.4 is 0 Å². The van der Waals surface area contributed by atoms with Crippen LogP contribution in [0.5, 0.6) is 0 Å². The van der Waals surface area contributed by atoms with E-state index in [0.29, 0.717) is 30.5 Å². The fourth-order valence-corrected chi connectivity index (χ4v) is 5.62. The van der Waals surface area contributed by atoms with Gasteiger partial charge in [-0.15, -0.1) is 11.8 Å². The average Bonchev–Trinajstić information content (AvgIpc) is 3.38. The van der Waals surface area contributed by atoms with Crippen LogP contribution in [0.1, 0.15) is 30.4 Å². The zero-order valence-corrected chi connectivity index (χ0v) is 15.6. The first-order valence-corrected chi connectivity index (χ1v) is 10.5. The molecule has 2 atom stereocenters. The summed E-state index contributed by atoms with van der Waals surface area (Å²) >= 11 is 1.63. The van der Waals surface area contributed by atoms with Crippen LogP contribution in [0.3, 0.4) is 0 Å². The molecular weight excluding hydrogens is 348 g/mol. The van der Waals surface area contributed by atoms with Crippen LogP contribution in [0.25, 0.3) is 0 Å². The van der Waals surface area contributed by atoms with Gasteiger partial charge in [-0.3, -0.25) is 9.59 Å². The molecule has 138 valence electrons. The smallest absolute Gasteiger partial charge is 0.246 e. The minimum Gasteiger partial charge on any atom is -0.331 e. The van der Waals surface area contributed by atoms with E-state index in [1.54, 1.807) is 21.6 Å². The molecule has 0 saturated carbocycles. The Balaban J connectivity index is 1.40. The number of fused-ring (bicyclic) bond motifs is 1. The third-order valence-electron chi connectivity index (χ3n) is 5.83. The van der Waals surface area contributed by atoms with Crippen LogP contribution >= 0.6 is 11.8 Å². The van der Waals surface area contributed by atoms with E-state index in [2.05, 4.69) is 12.1 Å². The van der Waals surface area contributed by atoms with Gasteiger partial charge in [0.2, 0.25) is 11.8 Å². The predicted octanol–water partition coefficient (Wildman–Crippen LogP) is 1.88. The maximum absolute atomic E-state index is 12.9. The lowest BCUT2D eigenvalue weighted by Crippen LogP contribution is -2.50. The zero-order valence-electron chi connectivity index (χ0n) is 14.8. The van der Waals surface area contributed by atoms with Gasteiger partial charge < -0.3 is 14.6 Å². The highest BCUT2D eigenvalue weighted by Gasteiger charge is 2.40. The van der Waals surface area contributed by atoms with Gasteiger partial charge in [0, 0.05) is 18.7 Å². The number of rotatable bonds is 4. The summed E-state index contributed by atoms with van der Waals surface area (Å²) in [7, 11) is 0. The molecule has 1 aromatic rings. The molecule has 2 saturated heterocycles. The number of benzene rings is 1. The van der Waals surface area contributed by atoms with Gasteiger partial charge in [0.25, 0.3) is 0 Å². The molecule has 26 heavy (non-hydrogen) atoms. The Kier molecular flexibility index (Phi) is 5.02. The van der Waals surface area contributed by atoms with E-state index in [1.807, 2.05) is 12.1 Å². The van der Waals surface area contributed by atoms with E-state index >= 15 is 0 Å². The normalized spacial score (nSPS) is 25.5. The summed E-state index contributed by atoms with van der Waals surface area (Å²) in [6.07, 6.45) is 4.86. The summed E-state index contributed by atoms with van der Waals surface area (Å²) in [4.78, 5) is 40.4. The molecule has 3 aliphatic rings. The molecule has 0 unspecified atom stereocenters. The van der Waals surface area contributed by atoms with Gasteiger partial charge in [-0.1, -0.05) is 24.3 Å². The third-order valence-corrected chi connectivity index (χ3v) is 6.84. The summed E-state index contributed by atoms with van der Waals surface area (Å²) in [5.41, 5.74) is 2.69. The van der Waals surface area contributed by atoms with E-state index in [4.69, 9.17) is 0 Å². The van der Waals surface area contributed by atoms with Crippen LogP contribution in [0, 0.1) is 5.92 Å². The number of aldehydes is 1. The molecule has 1 aliphatic carbocycles. The molecule has 0 aromatic heterocycles. The summed E-state index contributed by atoms with van der Waals surface area (Å²) in [6.45, 7) is 0.628. The topological polar surface area (TPSA) is 57.7 Å². The van der Waals surface area contributed by atoms with Crippen LogP contribution in [-0.2, 0) is 27.2 Å². The Morgan fingerprint density at radius 3 is 2.58 bits per heavy atom. The molecule has 2 fully saturated rings. The van der Waals surface area contributed by atoms with Crippen LogP contribution in [0.2, 0.25) is 0 Å². The van der Waals surface area contributed by atoms with Crippen molar-refractivity contribution in [1.82, 2.24) is 9.80 Å². The van der Waals surface area contributed by atoms with Crippen molar-refractivity contribution in [2.45, 2.75) is 44.2 Å². The number of carbonyl (C=O) groups excluding carboxylic acids is 3. The second-order valence-electron chi connectivity index (χ2n) is 7.50. The average molecular weight is 372 g/mol. The number of nitrogens with zero attached hydrogens (tertiary/aromatic N) is 2. The van der Waals surface area contributed by atoms with E-state index in [0.717, 1.165) is 32.0 Å². The SMILES string of the molecule is O=C[C@@H]1CCCN1C(=O)[C@@H]1CSCN1C(=O)CC1Cc2ccccc2C1. The molecule has 0 N–H and O–H groups in total. The van der Waals surface area contributed by atoms with Crippen molar-refractivity contribution in [3.05, 3.63) is 35.4 Å². The van der Waals surface area contributed by atoms with Gasteiger partial charge in [-0.2, -0.15) is 0 Å². The minimum absolute atomic E-state index is 0.0485. The minimum atomic E-state index is -0.406. The fourth-order valence-electron chi connectivity index (χ4n) is 4.45. The lowest BCUT2D eigenvalue weighted by Gasteiger charge is -2.29. The second kappa shape index (κ2) is 7.43. The van der Waals surface area contributed by atoms with Crippen LogP contribution in [0.15, 0.2) is 24.3 Å². The number of hydrogen-bond acceptors (Lipinski definition) is 4. The highest BCUT2D eigenvalue weighted by atomic mass is 32.2. The van der Waals surface area contributed by atoms with Gasteiger partial charge in [0.1, 0.15) is 12.3 Å². The zero-order chi connectivity index (χ0) is 18.1. The lowest BCUT2D eigenvalue weighted by atomic mass is 10.0. The predicted molar refractivity (Wildman–Crippen MR) is 101 cm³/mol. The number of likely N-dealkylation sites (tertiary alicyclic amines) is 1. The molecule has 0 radical (unpaired) electrons. The number of hydrogen-bond donors (Lipinski definition) is 0. The maximum Gasteiger partial charge on any atom is 0.246 e.